The molecule has 1 fully saturated rings. The van der Waals surface area contributed by atoms with Crippen LogP contribution in [-0.4, -0.2) is 17.8 Å². The van der Waals surface area contributed by atoms with Gasteiger partial charge in [0.05, 0.1) is 7.11 Å². The molecule has 3 heteroatoms. The maximum absolute atomic E-state index is 9.92. The zero-order chi connectivity index (χ0) is 11.1. The van der Waals surface area contributed by atoms with E-state index in [0.717, 1.165) is 30.4 Å². The summed E-state index contributed by atoms with van der Waals surface area (Å²) in [5.41, 5.74) is 7.93. The molecule has 1 aromatic rings. The molecule has 0 bridgehead atoms. The fraction of sp³-hybridized carbons (Fsp3) is 0.500. The van der Waals surface area contributed by atoms with Crippen molar-refractivity contribution in [1.82, 2.24) is 0 Å². The molecule has 15 heavy (non-hydrogen) atoms. The van der Waals surface area contributed by atoms with E-state index in [-0.39, 0.29) is 11.3 Å². The topological polar surface area (TPSA) is 55.5 Å². The molecule has 1 saturated carbocycles. The summed E-state index contributed by atoms with van der Waals surface area (Å²) in [7, 11) is 1.56. The predicted octanol–water partition coefficient (Wildman–Crippen LogP) is 1.74. The Morgan fingerprint density at radius 3 is 2.67 bits per heavy atom. The lowest BCUT2D eigenvalue weighted by molar-refractivity contribution is 0.369. The lowest BCUT2D eigenvalue weighted by atomic mass is 10.0. The number of aryl methyl sites for hydroxylation is 1. The highest BCUT2D eigenvalue weighted by Crippen LogP contribution is 2.40. The molecule has 1 aliphatic rings. The number of rotatable bonds is 3. The number of ether oxygens (including phenoxy) is 1. The maximum atomic E-state index is 9.92. The Kier molecular flexibility index (Phi) is 2.35. The Morgan fingerprint density at radius 1 is 1.47 bits per heavy atom. The van der Waals surface area contributed by atoms with Gasteiger partial charge in [0.25, 0.3) is 0 Å². The molecule has 0 heterocycles. The van der Waals surface area contributed by atoms with E-state index in [0.29, 0.717) is 5.75 Å². The molecule has 0 aliphatic heterocycles. The summed E-state index contributed by atoms with van der Waals surface area (Å²) in [4.78, 5) is 0. The second-order valence-corrected chi connectivity index (χ2v) is 4.51. The third-order valence-corrected chi connectivity index (χ3v) is 2.95. The first kappa shape index (κ1) is 10.3. The molecular formula is C12H17NO2. The molecule has 1 aromatic carbocycles. The molecule has 0 unspecified atom stereocenters. The van der Waals surface area contributed by atoms with Crippen molar-refractivity contribution < 1.29 is 9.84 Å². The summed E-state index contributed by atoms with van der Waals surface area (Å²) in [6, 6.07) is 3.81. The van der Waals surface area contributed by atoms with Crippen LogP contribution in [0.25, 0.3) is 0 Å². The molecule has 0 aromatic heterocycles. The summed E-state index contributed by atoms with van der Waals surface area (Å²) in [6.07, 6.45) is 2.82. The van der Waals surface area contributed by atoms with E-state index in [1.807, 2.05) is 19.1 Å². The third-order valence-electron chi connectivity index (χ3n) is 2.95. The number of phenols is 1. The van der Waals surface area contributed by atoms with Crippen molar-refractivity contribution in [3.05, 3.63) is 23.3 Å². The predicted molar refractivity (Wildman–Crippen MR) is 59.3 cm³/mol. The summed E-state index contributed by atoms with van der Waals surface area (Å²) in [5, 5.41) is 9.92. The molecule has 0 spiro atoms. The Labute approximate surface area is 89.9 Å². The quantitative estimate of drug-likeness (QED) is 0.793. The van der Waals surface area contributed by atoms with Gasteiger partial charge in [-0.25, -0.2) is 0 Å². The Hall–Kier alpha value is -1.22. The third kappa shape index (κ3) is 2.07. The average Bonchev–Trinajstić information content (AvgIpc) is 2.89. The zero-order valence-electron chi connectivity index (χ0n) is 9.21. The van der Waals surface area contributed by atoms with Crippen molar-refractivity contribution in [2.45, 2.75) is 31.7 Å². The average molecular weight is 207 g/mol. The van der Waals surface area contributed by atoms with Crippen molar-refractivity contribution in [2.24, 2.45) is 5.73 Å². The number of nitrogens with two attached hydrogens (primary N) is 1. The molecule has 0 saturated heterocycles. The lowest BCUT2D eigenvalue weighted by Crippen LogP contribution is -2.24. The molecule has 2 rings (SSSR count). The molecule has 0 radical (unpaired) electrons. The van der Waals surface area contributed by atoms with E-state index >= 15 is 0 Å². The molecule has 3 N–H and O–H groups in total. The lowest BCUT2D eigenvalue weighted by Gasteiger charge is -2.13. The van der Waals surface area contributed by atoms with Gasteiger partial charge in [0.1, 0.15) is 0 Å². The van der Waals surface area contributed by atoms with E-state index in [9.17, 15) is 5.11 Å². The van der Waals surface area contributed by atoms with Crippen LogP contribution in [0.4, 0.5) is 0 Å². The van der Waals surface area contributed by atoms with Crippen molar-refractivity contribution in [3.63, 3.8) is 0 Å². The fourth-order valence-electron chi connectivity index (χ4n) is 1.83. The van der Waals surface area contributed by atoms with Crippen molar-refractivity contribution in [1.29, 1.82) is 0 Å². The largest absolute Gasteiger partial charge is 0.504 e. The SMILES string of the molecule is COc1cc(C)cc(CC2(N)CC2)c1O. The Morgan fingerprint density at radius 2 is 2.13 bits per heavy atom. The first-order valence-corrected chi connectivity index (χ1v) is 5.19. The standard InChI is InChI=1S/C12H17NO2/c1-8-5-9(7-12(13)3-4-12)11(14)10(6-8)15-2/h5-6,14H,3-4,7,13H2,1-2H3. The van der Waals surface area contributed by atoms with Gasteiger partial charge < -0.3 is 15.6 Å². The van der Waals surface area contributed by atoms with E-state index in [2.05, 4.69) is 0 Å². The normalized spacial score (nSPS) is 17.5. The van der Waals surface area contributed by atoms with Crippen LogP contribution >= 0.6 is 0 Å². The van der Waals surface area contributed by atoms with Crippen LogP contribution in [0.2, 0.25) is 0 Å². The number of benzene rings is 1. The van der Waals surface area contributed by atoms with Gasteiger partial charge in [0, 0.05) is 5.54 Å². The van der Waals surface area contributed by atoms with Crippen LogP contribution in [0.5, 0.6) is 11.5 Å². The minimum atomic E-state index is -0.0870. The van der Waals surface area contributed by atoms with E-state index in [1.54, 1.807) is 7.11 Å². The second kappa shape index (κ2) is 3.42. The molecule has 3 nitrogen and oxygen atoms in total. The van der Waals surface area contributed by atoms with Gasteiger partial charge in [-0.15, -0.1) is 0 Å². The van der Waals surface area contributed by atoms with E-state index < -0.39 is 0 Å². The van der Waals surface area contributed by atoms with Gasteiger partial charge in [-0.2, -0.15) is 0 Å². The molecular weight excluding hydrogens is 190 g/mol. The molecule has 0 atom stereocenters. The summed E-state index contributed by atoms with van der Waals surface area (Å²) >= 11 is 0. The molecule has 82 valence electrons. The molecule has 0 amide bonds. The first-order valence-electron chi connectivity index (χ1n) is 5.19. The van der Waals surface area contributed by atoms with Gasteiger partial charge in [-0.05, 0) is 43.4 Å². The maximum Gasteiger partial charge on any atom is 0.161 e. The summed E-state index contributed by atoms with van der Waals surface area (Å²) in [5.74, 6) is 0.772. The van der Waals surface area contributed by atoms with Gasteiger partial charge in [-0.3, -0.25) is 0 Å². The van der Waals surface area contributed by atoms with Gasteiger partial charge >= 0.3 is 0 Å². The van der Waals surface area contributed by atoms with Gasteiger partial charge in [0.2, 0.25) is 0 Å². The highest BCUT2D eigenvalue weighted by Gasteiger charge is 2.38. The van der Waals surface area contributed by atoms with Crippen LogP contribution in [0.1, 0.15) is 24.0 Å². The summed E-state index contributed by atoms with van der Waals surface area (Å²) in [6.45, 7) is 1.99. The highest BCUT2D eigenvalue weighted by atomic mass is 16.5. The van der Waals surface area contributed by atoms with Crippen LogP contribution in [0.3, 0.4) is 0 Å². The number of aromatic hydroxyl groups is 1. The van der Waals surface area contributed by atoms with E-state index in [4.69, 9.17) is 10.5 Å². The van der Waals surface area contributed by atoms with Gasteiger partial charge in [-0.1, -0.05) is 6.07 Å². The number of hydrogen-bond acceptors (Lipinski definition) is 3. The number of phenolic OH excluding ortho intramolecular Hbond substituents is 1. The Balaban J connectivity index is 2.32. The second-order valence-electron chi connectivity index (χ2n) is 4.51. The number of hydrogen-bond donors (Lipinski definition) is 2. The van der Waals surface area contributed by atoms with Crippen LogP contribution in [0, 0.1) is 6.92 Å². The Bertz CT molecular complexity index is 383. The first-order chi connectivity index (χ1) is 7.04. The van der Waals surface area contributed by atoms with Crippen LogP contribution in [0.15, 0.2) is 12.1 Å². The van der Waals surface area contributed by atoms with Crippen LogP contribution in [-0.2, 0) is 6.42 Å². The number of methoxy groups -OCH3 is 1. The molecule has 1 aliphatic carbocycles. The van der Waals surface area contributed by atoms with Crippen molar-refractivity contribution >= 4 is 0 Å². The van der Waals surface area contributed by atoms with Crippen molar-refractivity contribution in [3.8, 4) is 11.5 Å². The minimum absolute atomic E-state index is 0.0870. The smallest absolute Gasteiger partial charge is 0.161 e. The monoisotopic (exact) mass is 207 g/mol. The summed E-state index contributed by atoms with van der Waals surface area (Å²) < 4.78 is 5.11. The zero-order valence-corrected chi connectivity index (χ0v) is 9.21. The highest BCUT2D eigenvalue weighted by molar-refractivity contribution is 5.49. The van der Waals surface area contributed by atoms with Crippen LogP contribution < -0.4 is 10.5 Å². The van der Waals surface area contributed by atoms with E-state index in [1.165, 1.54) is 0 Å². The fourth-order valence-corrected chi connectivity index (χ4v) is 1.83. The van der Waals surface area contributed by atoms with Gasteiger partial charge in [0.15, 0.2) is 11.5 Å². The van der Waals surface area contributed by atoms with Crippen molar-refractivity contribution in [2.75, 3.05) is 7.11 Å². The minimum Gasteiger partial charge on any atom is -0.504 e.